The van der Waals surface area contributed by atoms with Gasteiger partial charge in [0.1, 0.15) is 5.69 Å². The van der Waals surface area contributed by atoms with Crippen molar-refractivity contribution in [3.8, 4) is 0 Å². The number of aromatic nitrogens is 1. The molecular weight excluding hydrogens is 292 g/mol. The summed E-state index contributed by atoms with van der Waals surface area (Å²) in [6, 6.07) is 4.08. The minimum atomic E-state index is -0.240. The van der Waals surface area contributed by atoms with Crippen LogP contribution in [0.15, 0.2) is 18.3 Å². The van der Waals surface area contributed by atoms with Crippen molar-refractivity contribution in [2.75, 3.05) is 27.2 Å². The minimum absolute atomic E-state index is 0.0313. The first-order chi connectivity index (χ1) is 11.1. The molecule has 0 unspecified atom stereocenters. The summed E-state index contributed by atoms with van der Waals surface area (Å²) in [5.74, 6) is -0.209. The molecule has 23 heavy (non-hydrogen) atoms. The molecule has 1 N–H and O–H groups in total. The van der Waals surface area contributed by atoms with Crippen LogP contribution in [0.1, 0.15) is 46.5 Å². The number of carbonyl (C=O) groups is 2. The number of likely N-dealkylation sites (N-methyl/N-ethyl adjacent to an activating group) is 1. The van der Waals surface area contributed by atoms with Gasteiger partial charge in [-0.1, -0.05) is 0 Å². The fourth-order valence-electron chi connectivity index (χ4n) is 3.82. The Balaban J connectivity index is 1.75. The van der Waals surface area contributed by atoms with Crippen LogP contribution in [-0.2, 0) is 0 Å². The van der Waals surface area contributed by atoms with Gasteiger partial charge in [0.05, 0.1) is 5.56 Å². The fraction of sp³-hybridized carbons (Fsp3) is 0.588. The van der Waals surface area contributed by atoms with Crippen LogP contribution in [0.4, 0.5) is 0 Å². The zero-order valence-electron chi connectivity index (χ0n) is 13.8. The SMILES string of the molecule is CNC(=O)c1ccc(C(=O)N2CCC[C@H]2[C@@H]2CCCN2C)cn1. The van der Waals surface area contributed by atoms with Gasteiger partial charge in [-0.3, -0.25) is 14.6 Å². The maximum Gasteiger partial charge on any atom is 0.269 e. The fourth-order valence-corrected chi connectivity index (χ4v) is 3.82. The van der Waals surface area contributed by atoms with Crippen LogP contribution in [0.3, 0.4) is 0 Å². The number of hydrogen-bond donors (Lipinski definition) is 1. The molecule has 0 aromatic carbocycles. The number of hydrogen-bond acceptors (Lipinski definition) is 4. The van der Waals surface area contributed by atoms with Crippen LogP contribution in [0.25, 0.3) is 0 Å². The summed E-state index contributed by atoms with van der Waals surface area (Å²) in [5, 5.41) is 2.53. The summed E-state index contributed by atoms with van der Waals surface area (Å²) in [6.07, 6.45) is 6.02. The molecule has 2 saturated heterocycles. The Bertz CT molecular complexity index is 587. The number of likely N-dealkylation sites (tertiary alicyclic amines) is 2. The third kappa shape index (κ3) is 3.08. The lowest BCUT2D eigenvalue weighted by molar-refractivity contribution is 0.0663. The van der Waals surface area contributed by atoms with Crippen LogP contribution < -0.4 is 5.32 Å². The van der Waals surface area contributed by atoms with Crippen LogP contribution in [0.2, 0.25) is 0 Å². The molecule has 2 aliphatic rings. The largest absolute Gasteiger partial charge is 0.354 e. The van der Waals surface area contributed by atoms with Crippen LogP contribution >= 0.6 is 0 Å². The highest BCUT2D eigenvalue weighted by Gasteiger charge is 2.38. The van der Waals surface area contributed by atoms with E-state index in [2.05, 4.69) is 22.2 Å². The van der Waals surface area contributed by atoms with E-state index < -0.39 is 0 Å². The average molecular weight is 316 g/mol. The van der Waals surface area contributed by atoms with E-state index in [0.717, 1.165) is 25.9 Å². The lowest BCUT2D eigenvalue weighted by Crippen LogP contribution is -2.47. The van der Waals surface area contributed by atoms with Gasteiger partial charge < -0.3 is 15.1 Å². The van der Waals surface area contributed by atoms with Crippen LogP contribution in [-0.4, -0.2) is 65.9 Å². The van der Waals surface area contributed by atoms with E-state index in [-0.39, 0.29) is 11.8 Å². The normalized spacial score (nSPS) is 24.9. The van der Waals surface area contributed by atoms with Crippen molar-refractivity contribution in [2.45, 2.75) is 37.8 Å². The van der Waals surface area contributed by atoms with Gasteiger partial charge in [0.15, 0.2) is 0 Å². The number of nitrogens with one attached hydrogen (secondary N) is 1. The molecule has 0 radical (unpaired) electrons. The van der Waals surface area contributed by atoms with Gasteiger partial charge in [-0.2, -0.15) is 0 Å². The number of amides is 2. The molecule has 2 fully saturated rings. The smallest absolute Gasteiger partial charge is 0.269 e. The third-order valence-corrected chi connectivity index (χ3v) is 5.05. The van der Waals surface area contributed by atoms with Gasteiger partial charge in [-0.25, -0.2) is 0 Å². The molecule has 2 aliphatic heterocycles. The van der Waals surface area contributed by atoms with Crippen molar-refractivity contribution in [3.63, 3.8) is 0 Å². The molecule has 0 aliphatic carbocycles. The minimum Gasteiger partial charge on any atom is -0.354 e. The number of pyridine rings is 1. The standard InChI is InChI=1S/C17H24N4O2/c1-18-16(22)13-8-7-12(11-19-13)17(23)21-10-4-6-15(21)14-5-3-9-20(14)2/h7-8,11,14-15H,3-6,9-10H2,1-2H3,(H,18,22)/t14-,15-/m0/s1. The van der Waals surface area contributed by atoms with E-state index in [0.29, 0.717) is 23.3 Å². The van der Waals surface area contributed by atoms with Crippen molar-refractivity contribution < 1.29 is 9.59 Å². The Morgan fingerprint density at radius 1 is 1.17 bits per heavy atom. The second-order valence-electron chi connectivity index (χ2n) is 6.41. The molecular formula is C17H24N4O2. The summed E-state index contributed by atoms with van der Waals surface area (Å²) < 4.78 is 0. The molecule has 1 aromatic rings. The lowest BCUT2D eigenvalue weighted by atomic mass is 10.0. The molecule has 2 atom stereocenters. The van der Waals surface area contributed by atoms with Crippen molar-refractivity contribution in [1.29, 1.82) is 0 Å². The van der Waals surface area contributed by atoms with E-state index in [1.54, 1.807) is 19.2 Å². The summed E-state index contributed by atoms with van der Waals surface area (Å²) in [6.45, 7) is 1.93. The Hall–Kier alpha value is -1.95. The van der Waals surface area contributed by atoms with Crippen molar-refractivity contribution >= 4 is 11.8 Å². The molecule has 3 heterocycles. The van der Waals surface area contributed by atoms with Gasteiger partial charge in [0.2, 0.25) is 0 Å². The molecule has 0 saturated carbocycles. The van der Waals surface area contributed by atoms with Crippen molar-refractivity contribution in [3.05, 3.63) is 29.6 Å². The molecule has 6 heteroatoms. The third-order valence-electron chi connectivity index (χ3n) is 5.05. The molecule has 6 nitrogen and oxygen atoms in total. The zero-order valence-corrected chi connectivity index (χ0v) is 13.8. The Labute approximate surface area is 136 Å². The topological polar surface area (TPSA) is 65.5 Å². The first-order valence-corrected chi connectivity index (χ1v) is 8.31. The second kappa shape index (κ2) is 6.66. The predicted molar refractivity (Wildman–Crippen MR) is 87.3 cm³/mol. The summed E-state index contributed by atoms with van der Waals surface area (Å²) in [4.78, 5) is 32.9. The first-order valence-electron chi connectivity index (χ1n) is 8.31. The summed E-state index contributed by atoms with van der Waals surface area (Å²) >= 11 is 0. The number of carbonyl (C=O) groups excluding carboxylic acids is 2. The summed E-state index contributed by atoms with van der Waals surface area (Å²) in [7, 11) is 3.72. The lowest BCUT2D eigenvalue weighted by Gasteiger charge is -2.33. The number of rotatable bonds is 3. The van der Waals surface area contributed by atoms with Crippen LogP contribution in [0.5, 0.6) is 0 Å². The van der Waals surface area contributed by atoms with Crippen LogP contribution in [0, 0.1) is 0 Å². The maximum atomic E-state index is 12.8. The van der Waals surface area contributed by atoms with Crippen molar-refractivity contribution in [1.82, 2.24) is 20.1 Å². The molecule has 2 amide bonds. The van der Waals surface area contributed by atoms with Crippen molar-refractivity contribution in [2.24, 2.45) is 0 Å². The molecule has 124 valence electrons. The highest BCUT2D eigenvalue weighted by Crippen LogP contribution is 2.30. The first kappa shape index (κ1) is 15.9. The van der Waals surface area contributed by atoms with Gasteiger partial charge in [0.25, 0.3) is 11.8 Å². The quantitative estimate of drug-likeness (QED) is 0.908. The van der Waals surface area contributed by atoms with E-state index in [1.165, 1.54) is 19.0 Å². The molecule has 1 aromatic heterocycles. The maximum absolute atomic E-state index is 12.8. The Kier molecular flexibility index (Phi) is 4.61. The van der Waals surface area contributed by atoms with E-state index in [9.17, 15) is 9.59 Å². The van der Waals surface area contributed by atoms with E-state index in [1.807, 2.05) is 4.90 Å². The Morgan fingerprint density at radius 3 is 2.52 bits per heavy atom. The predicted octanol–water partition coefficient (Wildman–Crippen LogP) is 1.14. The molecule has 0 spiro atoms. The molecule has 0 bridgehead atoms. The highest BCUT2D eigenvalue weighted by atomic mass is 16.2. The van der Waals surface area contributed by atoms with Gasteiger partial charge >= 0.3 is 0 Å². The second-order valence-corrected chi connectivity index (χ2v) is 6.41. The van der Waals surface area contributed by atoms with Gasteiger partial charge in [-0.15, -0.1) is 0 Å². The van der Waals surface area contributed by atoms with E-state index >= 15 is 0 Å². The highest BCUT2D eigenvalue weighted by molar-refractivity contribution is 5.96. The van der Waals surface area contributed by atoms with Gasteiger partial charge in [0, 0.05) is 31.9 Å². The number of nitrogens with zero attached hydrogens (tertiary/aromatic N) is 3. The average Bonchev–Trinajstić information content (AvgIpc) is 3.21. The Morgan fingerprint density at radius 2 is 1.91 bits per heavy atom. The monoisotopic (exact) mass is 316 g/mol. The van der Waals surface area contributed by atoms with Gasteiger partial charge in [-0.05, 0) is 51.4 Å². The zero-order chi connectivity index (χ0) is 16.4. The summed E-state index contributed by atoms with van der Waals surface area (Å²) in [5.41, 5.74) is 0.891. The van der Waals surface area contributed by atoms with E-state index in [4.69, 9.17) is 0 Å². The molecule has 3 rings (SSSR count).